The van der Waals surface area contributed by atoms with E-state index in [9.17, 15) is 13.6 Å². The van der Waals surface area contributed by atoms with Gasteiger partial charge in [-0.05, 0) is 36.8 Å². The summed E-state index contributed by atoms with van der Waals surface area (Å²) in [4.78, 5) is 11.8. The lowest BCUT2D eigenvalue weighted by atomic mass is 10.1. The molecule has 1 aliphatic heterocycles. The van der Waals surface area contributed by atoms with Gasteiger partial charge in [0.1, 0.15) is 0 Å². The first-order chi connectivity index (χ1) is 7.18. The van der Waals surface area contributed by atoms with Crippen molar-refractivity contribution in [1.29, 1.82) is 0 Å². The van der Waals surface area contributed by atoms with Gasteiger partial charge in [0, 0.05) is 5.56 Å². The van der Waals surface area contributed by atoms with Crippen molar-refractivity contribution >= 4 is 17.5 Å². The molecule has 1 fully saturated rings. The fraction of sp³-hybridized carbons (Fsp3) is 0.364. The molecule has 1 aliphatic rings. The monoisotopic (exact) mass is 228 g/mol. The number of rotatable bonds is 2. The van der Waals surface area contributed by atoms with Gasteiger partial charge in [-0.1, -0.05) is 0 Å². The fourth-order valence-corrected chi connectivity index (χ4v) is 2.86. The fourth-order valence-electron chi connectivity index (χ4n) is 1.62. The van der Waals surface area contributed by atoms with Crippen molar-refractivity contribution in [3.8, 4) is 0 Å². The Morgan fingerprint density at radius 1 is 1.33 bits per heavy atom. The molecule has 1 atom stereocenters. The second kappa shape index (κ2) is 4.31. The van der Waals surface area contributed by atoms with E-state index in [0.717, 1.165) is 30.7 Å². The van der Waals surface area contributed by atoms with Crippen molar-refractivity contribution in [2.24, 2.45) is 0 Å². The van der Waals surface area contributed by atoms with Crippen molar-refractivity contribution in [2.45, 2.75) is 18.1 Å². The van der Waals surface area contributed by atoms with Crippen LogP contribution < -0.4 is 0 Å². The Morgan fingerprint density at radius 3 is 2.73 bits per heavy atom. The van der Waals surface area contributed by atoms with Crippen molar-refractivity contribution in [3.63, 3.8) is 0 Å². The van der Waals surface area contributed by atoms with Gasteiger partial charge in [-0.25, -0.2) is 8.78 Å². The first-order valence-electron chi connectivity index (χ1n) is 4.79. The van der Waals surface area contributed by atoms with E-state index in [0.29, 0.717) is 0 Å². The first-order valence-corrected chi connectivity index (χ1v) is 5.84. The largest absolute Gasteiger partial charge is 0.293 e. The highest BCUT2D eigenvalue weighted by Crippen LogP contribution is 2.29. The number of carbonyl (C=O) groups is 1. The molecule has 0 bridgehead atoms. The van der Waals surface area contributed by atoms with Gasteiger partial charge in [0.05, 0.1) is 5.25 Å². The summed E-state index contributed by atoms with van der Waals surface area (Å²) in [5, 5.41) is -0.0742. The zero-order chi connectivity index (χ0) is 10.8. The Bertz CT molecular complexity index is 386. The van der Waals surface area contributed by atoms with E-state index < -0.39 is 11.6 Å². The minimum atomic E-state index is -0.955. The van der Waals surface area contributed by atoms with Gasteiger partial charge in [0.2, 0.25) is 0 Å². The van der Waals surface area contributed by atoms with Crippen LogP contribution in [0.3, 0.4) is 0 Å². The molecule has 0 aliphatic carbocycles. The third kappa shape index (κ3) is 2.20. The molecular formula is C11H10F2OS. The minimum absolute atomic E-state index is 0.0742. The lowest BCUT2D eigenvalue weighted by Crippen LogP contribution is -2.14. The van der Waals surface area contributed by atoms with Crippen molar-refractivity contribution in [3.05, 3.63) is 35.4 Å². The summed E-state index contributed by atoms with van der Waals surface area (Å²) in [6, 6.07) is 3.33. The number of Topliss-reactive ketones (excluding diaryl/α,β-unsaturated/α-hetero) is 1. The average Bonchev–Trinajstić information content (AvgIpc) is 2.74. The number of hydrogen-bond acceptors (Lipinski definition) is 2. The van der Waals surface area contributed by atoms with Crippen LogP contribution in [0.25, 0.3) is 0 Å². The molecule has 0 aromatic heterocycles. The molecule has 80 valence electrons. The molecule has 0 radical (unpaired) electrons. The van der Waals surface area contributed by atoms with Gasteiger partial charge in [-0.2, -0.15) is 11.8 Å². The van der Waals surface area contributed by atoms with Crippen LogP contribution in [-0.4, -0.2) is 16.8 Å². The summed E-state index contributed by atoms with van der Waals surface area (Å²) in [5.74, 6) is -0.981. The predicted molar refractivity (Wildman–Crippen MR) is 56.2 cm³/mol. The highest BCUT2D eigenvalue weighted by Gasteiger charge is 2.24. The minimum Gasteiger partial charge on any atom is -0.293 e. The van der Waals surface area contributed by atoms with Crippen LogP contribution in [0, 0.1) is 11.6 Å². The summed E-state index contributed by atoms with van der Waals surface area (Å²) in [6.07, 6.45) is 1.85. The zero-order valence-corrected chi connectivity index (χ0v) is 8.82. The number of hydrogen-bond donors (Lipinski definition) is 0. The van der Waals surface area contributed by atoms with Crippen LogP contribution >= 0.6 is 11.8 Å². The second-order valence-corrected chi connectivity index (χ2v) is 4.81. The summed E-state index contributed by atoms with van der Waals surface area (Å²) in [6.45, 7) is 0. The molecule has 1 nitrogen and oxygen atoms in total. The molecule has 0 spiro atoms. The van der Waals surface area contributed by atoms with Gasteiger partial charge in [-0.15, -0.1) is 0 Å². The highest BCUT2D eigenvalue weighted by atomic mass is 32.2. The van der Waals surface area contributed by atoms with Crippen LogP contribution in [0.15, 0.2) is 18.2 Å². The van der Waals surface area contributed by atoms with Crippen LogP contribution in [0.5, 0.6) is 0 Å². The smallest absolute Gasteiger partial charge is 0.175 e. The standard InChI is InChI=1S/C11H10F2OS/c12-8-4-3-7(6-9(8)13)11(14)10-2-1-5-15-10/h3-4,6,10H,1-2,5H2. The molecule has 4 heteroatoms. The second-order valence-electron chi connectivity index (χ2n) is 3.49. The molecule has 15 heavy (non-hydrogen) atoms. The molecule has 1 aromatic rings. The van der Waals surface area contributed by atoms with Crippen LogP contribution in [0.1, 0.15) is 23.2 Å². The number of ketones is 1. The predicted octanol–water partition coefficient (Wildman–Crippen LogP) is 3.04. The molecule has 0 N–H and O–H groups in total. The van der Waals surface area contributed by atoms with Gasteiger partial charge in [0.15, 0.2) is 17.4 Å². The van der Waals surface area contributed by atoms with E-state index >= 15 is 0 Å². The molecule has 0 amide bonds. The first kappa shape index (κ1) is 10.6. The number of carbonyl (C=O) groups excluding carboxylic acids is 1. The third-order valence-electron chi connectivity index (χ3n) is 2.43. The van der Waals surface area contributed by atoms with E-state index in [1.54, 1.807) is 11.8 Å². The summed E-state index contributed by atoms with van der Waals surface area (Å²) >= 11 is 1.59. The maximum Gasteiger partial charge on any atom is 0.175 e. The van der Waals surface area contributed by atoms with Crippen LogP contribution in [-0.2, 0) is 0 Å². The Morgan fingerprint density at radius 2 is 2.13 bits per heavy atom. The van der Waals surface area contributed by atoms with Crippen molar-refractivity contribution < 1.29 is 13.6 Å². The van der Waals surface area contributed by atoms with Gasteiger partial charge < -0.3 is 0 Å². The molecule has 0 saturated carbocycles. The van der Waals surface area contributed by atoms with E-state index in [1.807, 2.05) is 0 Å². The summed E-state index contributed by atoms with van der Waals surface area (Å²) in [5.41, 5.74) is 0.272. The van der Waals surface area contributed by atoms with Crippen LogP contribution in [0.4, 0.5) is 8.78 Å². The number of thioether (sulfide) groups is 1. The molecule has 1 aromatic carbocycles. The molecular weight excluding hydrogens is 218 g/mol. The number of benzene rings is 1. The quantitative estimate of drug-likeness (QED) is 0.724. The van der Waals surface area contributed by atoms with E-state index in [4.69, 9.17) is 0 Å². The van der Waals surface area contributed by atoms with Gasteiger partial charge >= 0.3 is 0 Å². The van der Waals surface area contributed by atoms with Gasteiger partial charge in [-0.3, -0.25) is 4.79 Å². The SMILES string of the molecule is O=C(c1ccc(F)c(F)c1)C1CCCS1. The van der Waals surface area contributed by atoms with Crippen molar-refractivity contribution in [1.82, 2.24) is 0 Å². The Kier molecular flexibility index (Phi) is 3.05. The third-order valence-corrected chi connectivity index (χ3v) is 3.80. The topological polar surface area (TPSA) is 17.1 Å². The summed E-state index contributed by atoms with van der Waals surface area (Å²) < 4.78 is 25.5. The number of halogens is 2. The van der Waals surface area contributed by atoms with E-state index in [2.05, 4.69) is 0 Å². The lowest BCUT2D eigenvalue weighted by molar-refractivity contribution is 0.0988. The zero-order valence-electron chi connectivity index (χ0n) is 8.00. The van der Waals surface area contributed by atoms with E-state index in [1.165, 1.54) is 6.07 Å². The molecule has 1 unspecified atom stereocenters. The Hall–Kier alpha value is -0.900. The normalized spacial score (nSPS) is 20.5. The molecule has 2 rings (SSSR count). The maximum absolute atomic E-state index is 12.9. The lowest BCUT2D eigenvalue weighted by Gasteiger charge is -2.07. The van der Waals surface area contributed by atoms with Crippen molar-refractivity contribution in [2.75, 3.05) is 5.75 Å². The highest BCUT2D eigenvalue weighted by molar-refractivity contribution is 8.00. The maximum atomic E-state index is 12.9. The van der Waals surface area contributed by atoms with Crippen LogP contribution in [0.2, 0.25) is 0 Å². The molecule has 1 heterocycles. The van der Waals surface area contributed by atoms with Gasteiger partial charge in [0.25, 0.3) is 0 Å². The Labute approximate surface area is 90.9 Å². The Balaban J connectivity index is 2.21. The van der Waals surface area contributed by atoms with E-state index in [-0.39, 0.29) is 16.6 Å². The average molecular weight is 228 g/mol. The summed E-state index contributed by atoms with van der Waals surface area (Å²) in [7, 11) is 0. The molecule has 1 saturated heterocycles.